The standard InChI is InChI=1S/C19H26F3N3O2/c1-4-5-6-7-8-15-13-18(27,19(20,21)22)25(23-15)17(26)14-9-11-16(12-10-14)24(2)3/h9-12,27H,4-8,13H2,1-3H3/t18-/m0/s1. The average molecular weight is 385 g/mol. The van der Waals surface area contributed by atoms with Crippen molar-refractivity contribution < 1.29 is 23.1 Å². The summed E-state index contributed by atoms with van der Waals surface area (Å²) in [6, 6.07) is 6.13. The van der Waals surface area contributed by atoms with Crippen LogP contribution in [-0.4, -0.2) is 47.7 Å². The molecule has 0 radical (unpaired) electrons. The number of amides is 1. The summed E-state index contributed by atoms with van der Waals surface area (Å²) >= 11 is 0. The first kappa shape index (κ1) is 21.2. The van der Waals surface area contributed by atoms with E-state index in [9.17, 15) is 23.1 Å². The molecule has 2 rings (SSSR count). The lowest BCUT2D eigenvalue weighted by molar-refractivity contribution is -0.297. The number of rotatable bonds is 7. The van der Waals surface area contributed by atoms with Crippen molar-refractivity contribution in [1.82, 2.24) is 5.01 Å². The van der Waals surface area contributed by atoms with Gasteiger partial charge in [-0.2, -0.15) is 23.3 Å². The van der Waals surface area contributed by atoms with Gasteiger partial charge in [0, 0.05) is 37.5 Å². The Morgan fingerprint density at radius 2 is 1.85 bits per heavy atom. The lowest BCUT2D eigenvalue weighted by Gasteiger charge is -2.32. The predicted molar refractivity (Wildman–Crippen MR) is 98.8 cm³/mol. The van der Waals surface area contributed by atoms with Crippen LogP contribution in [0.3, 0.4) is 0 Å². The van der Waals surface area contributed by atoms with Gasteiger partial charge in [-0.05, 0) is 37.1 Å². The molecule has 5 nitrogen and oxygen atoms in total. The predicted octanol–water partition coefficient (Wildman–Crippen LogP) is 4.18. The summed E-state index contributed by atoms with van der Waals surface area (Å²) in [6.07, 6.45) is -1.82. The van der Waals surface area contributed by atoms with Crippen LogP contribution in [0.1, 0.15) is 55.8 Å². The quantitative estimate of drug-likeness (QED) is 0.717. The number of hydrogen-bond acceptors (Lipinski definition) is 4. The van der Waals surface area contributed by atoms with Crippen LogP contribution in [-0.2, 0) is 0 Å². The molecule has 1 aromatic carbocycles. The number of hydrazone groups is 1. The highest BCUT2D eigenvalue weighted by molar-refractivity contribution is 5.98. The third kappa shape index (κ3) is 4.61. The van der Waals surface area contributed by atoms with Gasteiger partial charge in [0.2, 0.25) is 0 Å². The second kappa shape index (κ2) is 8.29. The molecule has 1 aliphatic heterocycles. The van der Waals surface area contributed by atoms with Crippen molar-refractivity contribution in [3.05, 3.63) is 29.8 Å². The van der Waals surface area contributed by atoms with Crippen LogP contribution in [0.15, 0.2) is 29.4 Å². The minimum Gasteiger partial charge on any atom is -0.378 e. The number of aliphatic hydroxyl groups is 1. The van der Waals surface area contributed by atoms with Gasteiger partial charge in [-0.25, -0.2) is 0 Å². The molecular formula is C19H26F3N3O2. The number of benzene rings is 1. The zero-order valence-electron chi connectivity index (χ0n) is 15.9. The van der Waals surface area contributed by atoms with E-state index in [1.54, 1.807) is 12.1 Å². The summed E-state index contributed by atoms with van der Waals surface area (Å²) in [6.45, 7) is 2.04. The molecule has 1 aromatic rings. The van der Waals surface area contributed by atoms with Crippen molar-refractivity contribution in [2.24, 2.45) is 5.10 Å². The average Bonchev–Trinajstić information content (AvgIpc) is 2.96. The molecule has 1 N–H and O–H groups in total. The lowest BCUT2D eigenvalue weighted by Crippen LogP contribution is -2.56. The molecule has 0 bridgehead atoms. The fraction of sp³-hybridized carbons (Fsp3) is 0.579. The molecule has 0 fully saturated rings. The summed E-state index contributed by atoms with van der Waals surface area (Å²) < 4.78 is 40.6. The largest absolute Gasteiger partial charge is 0.438 e. The highest BCUT2D eigenvalue weighted by Gasteiger charge is 2.63. The van der Waals surface area contributed by atoms with E-state index in [2.05, 4.69) is 5.10 Å². The molecular weight excluding hydrogens is 359 g/mol. The summed E-state index contributed by atoms with van der Waals surface area (Å²) in [5.41, 5.74) is -2.26. The van der Waals surface area contributed by atoms with Gasteiger partial charge in [-0.15, -0.1) is 0 Å². The van der Waals surface area contributed by atoms with Gasteiger partial charge in [0.05, 0.1) is 0 Å². The van der Waals surface area contributed by atoms with Crippen molar-refractivity contribution in [3.8, 4) is 0 Å². The Kier molecular flexibility index (Phi) is 6.51. The Balaban J connectivity index is 2.24. The number of carbonyl (C=O) groups is 1. The minimum atomic E-state index is -5.00. The molecule has 1 aliphatic rings. The molecule has 0 unspecified atom stereocenters. The number of carbonyl (C=O) groups excluding carboxylic acids is 1. The Morgan fingerprint density at radius 1 is 1.22 bits per heavy atom. The number of unbranched alkanes of at least 4 members (excludes halogenated alkanes) is 3. The van der Waals surface area contributed by atoms with E-state index in [1.807, 2.05) is 25.9 Å². The molecule has 27 heavy (non-hydrogen) atoms. The van der Waals surface area contributed by atoms with Crippen LogP contribution in [0, 0.1) is 0 Å². The second-order valence-electron chi connectivity index (χ2n) is 7.03. The molecule has 150 valence electrons. The molecule has 8 heteroatoms. The van der Waals surface area contributed by atoms with Crippen molar-refractivity contribution in [1.29, 1.82) is 0 Å². The zero-order valence-corrected chi connectivity index (χ0v) is 15.9. The molecule has 1 heterocycles. The van der Waals surface area contributed by atoms with Crippen LogP contribution >= 0.6 is 0 Å². The maximum atomic E-state index is 13.5. The second-order valence-corrected chi connectivity index (χ2v) is 7.03. The van der Waals surface area contributed by atoms with Crippen LogP contribution < -0.4 is 4.90 Å². The molecule has 1 atom stereocenters. The molecule has 1 amide bonds. The molecule has 0 aliphatic carbocycles. The van der Waals surface area contributed by atoms with Crippen LogP contribution in [0.2, 0.25) is 0 Å². The first-order valence-electron chi connectivity index (χ1n) is 9.07. The number of hydrogen-bond donors (Lipinski definition) is 1. The molecule has 0 spiro atoms. The molecule has 0 aromatic heterocycles. The van der Waals surface area contributed by atoms with Crippen LogP contribution in [0.4, 0.5) is 18.9 Å². The fourth-order valence-corrected chi connectivity index (χ4v) is 2.97. The van der Waals surface area contributed by atoms with Crippen LogP contribution in [0.25, 0.3) is 0 Å². The van der Waals surface area contributed by atoms with E-state index in [0.717, 1.165) is 24.9 Å². The Labute approximate surface area is 157 Å². The lowest BCUT2D eigenvalue weighted by atomic mass is 10.0. The molecule has 0 saturated carbocycles. The zero-order chi connectivity index (χ0) is 20.2. The SMILES string of the molecule is CCCCCCC1=NN(C(=O)c2ccc(N(C)C)cc2)[C@@](O)(C(F)(F)F)C1. The first-order chi connectivity index (χ1) is 12.6. The third-order valence-electron chi connectivity index (χ3n) is 4.64. The molecule has 0 saturated heterocycles. The van der Waals surface area contributed by atoms with Gasteiger partial charge in [0.15, 0.2) is 0 Å². The van der Waals surface area contributed by atoms with Crippen molar-refractivity contribution >= 4 is 17.3 Å². The van der Waals surface area contributed by atoms with Crippen molar-refractivity contribution in [2.45, 2.75) is 57.3 Å². The monoisotopic (exact) mass is 385 g/mol. The minimum absolute atomic E-state index is 0.0410. The number of anilines is 1. The maximum absolute atomic E-state index is 13.5. The maximum Gasteiger partial charge on any atom is 0.438 e. The van der Waals surface area contributed by atoms with E-state index < -0.39 is 24.2 Å². The van der Waals surface area contributed by atoms with Gasteiger partial charge < -0.3 is 10.0 Å². The van der Waals surface area contributed by atoms with Gasteiger partial charge in [0.25, 0.3) is 11.6 Å². The fourth-order valence-electron chi connectivity index (χ4n) is 2.97. The third-order valence-corrected chi connectivity index (χ3v) is 4.64. The summed E-state index contributed by atoms with van der Waals surface area (Å²) in [5, 5.41) is 14.4. The Hall–Kier alpha value is -2.09. The summed E-state index contributed by atoms with van der Waals surface area (Å²) in [5.74, 6) is -0.969. The van der Waals surface area contributed by atoms with Crippen LogP contribution in [0.5, 0.6) is 0 Å². The van der Waals surface area contributed by atoms with E-state index in [1.165, 1.54) is 12.1 Å². The smallest absolute Gasteiger partial charge is 0.378 e. The van der Waals surface area contributed by atoms with Gasteiger partial charge in [0.1, 0.15) is 0 Å². The summed E-state index contributed by atoms with van der Waals surface area (Å²) in [4.78, 5) is 14.5. The van der Waals surface area contributed by atoms with Gasteiger partial charge >= 0.3 is 6.18 Å². The first-order valence-corrected chi connectivity index (χ1v) is 9.07. The number of nitrogens with zero attached hydrogens (tertiary/aromatic N) is 3. The van der Waals surface area contributed by atoms with Gasteiger partial charge in [-0.1, -0.05) is 26.2 Å². The highest BCUT2D eigenvalue weighted by Crippen LogP contribution is 2.41. The Morgan fingerprint density at radius 3 is 2.37 bits per heavy atom. The normalized spacial score (nSPS) is 20.0. The van der Waals surface area contributed by atoms with E-state index >= 15 is 0 Å². The number of alkyl halides is 3. The van der Waals surface area contributed by atoms with E-state index in [0.29, 0.717) is 12.8 Å². The van der Waals surface area contributed by atoms with Gasteiger partial charge in [-0.3, -0.25) is 4.79 Å². The topological polar surface area (TPSA) is 56.1 Å². The van der Waals surface area contributed by atoms with E-state index in [-0.39, 0.29) is 16.3 Å². The number of halogens is 3. The van der Waals surface area contributed by atoms with Crippen molar-refractivity contribution in [3.63, 3.8) is 0 Å². The Bertz CT molecular complexity index is 686. The van der Waals surface area contributed by atoms with E-state index in [4.69, 9.17) is 0 Å². The highest BCUT2D eigenvalue weighted by atomic mass is 19.4. The summed E-state index contributed by atoms with van der Waals surface area (Å²) in [7, 11) is 3.63. The van der Waals surface area contributed by atoms with Crippen molar-refractivity contribution in [2.75, 3.05) is 19.0 Å².